The predicted octanol–water partition coefficient (Wildman–Crippen LogP) is 0.788. The Labute approximate surface area is 77.6 Å². The molecule has 0 aromatic heterocycles. The molecule has 0 heterocycles. The van der Waals surface area contributed by atoms with Gasteiger partial charge in [-0.05, 0) is 18.9 Å². The van der Waals surface area contributed by atoms with Gasteiger partial charge in [-0.3, -0.25) is 4.79 Å². The summed E-state index contributed by atoms with van der Waals surface area (Å²) in [7, 11) is 0. The Morgan fingerprint density at radius 1 is 1.38 bits per heavy atom. The smallest absolute Gasteiger partial charge is 0.326 e. The molecular weight excluding hydrogens is 170 g/mol. The summed E-state index contributed by atoms with van der Waals surface area (Å²) in [6.45, 7) is 5.19. The summed E-state index contributed by atoms with van der Waals surface area (Å²) >= 11 is 0. The minimum absolute atomic E-state index is 0.119. The fourth-order valence-electron chi connectivity index (χ4n) is 0.866. The average Bonchev–Trinajstić information content (AvgIpc) is 1.99. The van der Waals surface area contributed by atoms with E-state index in [1.165, 1.54) is 6.08 Å². The van der Waals surface area contributed by atoms with Crippen LogP contribution in [0, 0.1) is 5.92 Å². The Hall–Kier alpha value is -1.32. The van der Waals surface area contributed by atoms with Gasteiger partial charge in [0.1, 0.15) is 6.04 Å². The van der Waals surface area contributed by atoms with Gasteiger partial charge in [0.2, 0.25) is 5.91 Å². The van der Waals surface area contributed by atoms with Gasteiger partial charge in [0.15, 0.2) is 0 Å². The molecule has 13 heavy (non-hydrogen) atoms. The molecule has 0 aliphatic rings. The van der Waals surface area contributed by atoms with E-state index in [9.17, 15) is 9.59 Å². The number of rotatable bonds is 4. The second kappa shape index (κ2) is 5.35. The van der Waals surface area contributed by atoms with E-state index in [4.69, 9.17) is 5.11 Å². The maximum atomic E-state index is 11.0. The molecule has 0 aliphatic carbocycles. The number of allylic oxidation sites excluding steroid dienone is 1. The van der Waals surface area contributed by atoms with Crippen molar-refractivity contribution in [1.29, 1.82) is 0 Å². The van der Waals surface area contributed by atoms with Crippen molar-refractivity contribution in [3.8, 4) is 0 Å². The van der Waals surface area contributed by atoms with Gasteiger partial charge in [0, 0.05) is 0 Å². The number of hydrogen-bond acceptors (Lipinski definition) is 2. The molecule has 0 aromatic carbocycles. The van der Waals surface area contributed by atoms with Crippen LogP contribution in [-0.2, 0) is 9.59 Å². The van der Waals surface area contributed by atoms with Crippen molar-refractivity contribution in [3.63, 3.8) is 0 Å². The van der Waals surface area contributed by atoms with Crippen LogP contribution in [0.1, 0.15) is 20.8 Å². The lowest BCUT2D eigenvalue weighted by Crippen LogP contribution is -2.43. The van der Waals surface area contributed by atoms with E-state index in [0.717, 1.165) is 0 Å². The Bertz CT molecular complexity index is 221. The highest BCUT2D eigenvalue weighted by Crippen LogP contribution is 2.01. The Kier molecular flexibility index (Phi) is 4.80. The lowest BCUT2D eigenvalue weighted by Gasteiger charge is -2.16. The van der Waals surface area contributed by atoms with Crippen LogP contribution in [0.2, 0.25) is 0 Å². The molecule has 0 spiro atoms. The van der Waals surface area contributed by atoms with E-state index in [-0.39, 0.29) is 11.8 Å². The van der Waals surface area contributed by atoms with Crippen molar-refractivity contribution < 1.29 is 14.7 Å². The first-order valence-corrected chi connectivity index (χ1v) is 4.15. The summed E-state index contributed by atoms with van der Waals surface area (Å²) in [5.74, 6) is -1.50. The molecule has 0 rings (SSSR count). The maximum absolute atomic E-state index is 11.0. The van der Waals surface area contributed by atoms with Gasteiger partial charge in [-0.25, -0.2) is 4.79 Å². The zero-order chi connectivity index (χ0) is 10.4. The zero-order valence-electron chi connectivity index (χ0n) is 8.07. The number of carbonyl (C=O) groups excluding carboxylic acids is 1. The molecule has 1 unspecified atom stereocenters. The first-order chi connectivity index (χ1) is 5.99. The van der Waals surface area contributed by atoms with Gasteiger partial charge in [0.25, 0.3) is 0 Å². The number of hydrogen-bond donors (Lipinski definition) is 2. The lowest BCUT2D eigenvalue weighted by atomic mass is 10.1. The van der Waals surface area contributed by atoms with E-state index in [1.54, 1.807) is 26.8 Å². The van der Waals surface area contributed by atoms with Crippen LogP contribution in [0.3, 0.4) is 0 Å². The highest BCUT2D eigenvalue weighted by atomic mass is 16.4. The quantitative estimate of drug-likeness (QED) is 0.636. The molecule has 0 saturated carbocycles. The fraction of sp³-hybridized carbons (Fsp3) is 0.556. The van der Waals surface area contributed by atoms with Crippen molar-refractivity contribution in [3.05, 3.63) is 12.2 Å². The summed E-state index contributed by atoms with van der Waals surface area (Å²) in [5, 5.41) is 11.1. The van der Waals surface area contributed by atoms with Crippen LogP contribution in [0.5, 0.6) is 0 Å². The molecule has 0 radical (unpaired) electrons. The number of aliphatic carboxylic acids is 1. The highest BCUT2D eigenvalue weighted by molar-refractivity contribution is 5.91. The van der Waals surface area contributed by atoms with E-state index in [1.807, 2.05) is 0 Å². The van der Waals surface area contributed by atoms with Gasteiger partial charge in [-0.1, -0.05) is 19.9 Å². The third kappa shape index (κ3) is 4.30. The Morgan fingerprint density at radius 3 is 2.23 bits per heavy atom. The molecule has 0 saturated heterocycles. The monoisotopic (exact) mass is 185 g/mol. The third-order valence-electron chi connectivity index (χ3n) is 1.55. The average molecular weight is 185 g/mol. The Balaban J connectivity index is 4.27. The molecule has 4 heteroatoms. The highest BCUT2D eigenvalue weighted by Gasteiger charge is 2.22. The van der Waals surface area contributed by atoms with Crippen molar-refractivity contribution in [2.75, 3.05) is 0 Å². The topological polar surface area (TPSA) is 66.4 Å². The number of nitrogens with one attached hydrogen (secondary N) is 1. The number of carboxylic acid groups (broad SMARTS) is 1. The van der Waals surface area contributed by atoms with Crippen LogP contribution in [0.15, 0.2) is 12.2 Å². The van der Waals surface area contributed by atoms with Crippen molar-refractivity contribution in [1.82, 2.24) is 5.32 Å². The largest absolute Gasteiger partial charge is 0.480 e. The predicted molar refractivity (Wildman–Crippen MR) is 49.2 cm³/mol. The maximum Gasteiger partial charge on any atom is 0.326 e. The van der Waals surface area contributed by atoms with Crippen LogP contribution in [-0.4, -0.2) is 23.0 Å². The van der Waals surface area contributed by atoms with Crippen LogP contribution >= 0.6 is 0 Å². The number of amides is 1. The molecule has 1 atom stereocenters. The summed E-state index contributed by atoms with van der Waals surface area (Å²) in [6.07, 6.45) is 2.87. The second-order valence-electron chi connectivity index (χ2n) is 3.07. The van der Waals surface area contributed by atoms with E-state index >= 15 is 0 Å². The van der Waals surface area contributed by atoms with Gasteiger partial charge in [-0.2, -0.15) is 0 Å². The zero-order valence-corrected chi connectivity index (χ0v) is 8.07. The minimum atomic E-state index is -1.01. The molecule has 0 bridgehead atoms. The van der Waals surface area contributed by atoms with Gasteiger partial charge >= 0.3 is 5.97 Å². The van der Waals surface area contributed by atoms with Crippen molar-refractivity contribution >= 4 is 11.9 Å². The third-order valence-corrected chi connectivity index (χ3v) is 1.55. The van der Waals surface area contributed by atoms with E-state index in [0.29, 0.717) is 0 Å². The molecule has 2 N–H and O–H groups in total. The lowest BCUT2D eigenvalue weighted by molar-refractivity contribution is -0.142. The summed E-state index contributed by atoms with van der Waals surface area (Å²) in [4.78, 5) is 21.6. The Morgan fingerprint density at radius 2 is 1.92 bits per heavy atom. The first-order valence-electron chi connectivity index (χ1n) is 4.15. The molecule has 1 amide bonds. The number of carboxylic acids is 1. The van der Waals surface area contributed by atoms with Crippen LogP contribution in [0.4, 0.5) is 0 Å². The summed E-state index contributed by atoms with van der Waals surface area (Å²) in [6, 6.07) is -0.816. The molecule has 0 aliphatic heterocycles. The number of carbonyl (C=O) groups is 2. The fourth-order valence-corrected chi connectivity index (χ4v) is 0.866. The van der Waals surface area contributed by atoms with Gasteiger partial charge in [-0.15, -0.1) is 0 Å². The first kappa shape index (κ1) is 11.7. The van der Waals surface area contributed by atoms with Crippen LogP contribution in [0.25, 0.3) is 0 Å². The molecule has 74 valence electrons. The molecule has 4 nitrogen and oxygen atoms in total. The summed E-state index contributed by atoms with van der Waals surface area (Å²) < 4.78 is 0. The van der Waals surface area contributed by atoms with Crippen molar-refractivity contribution in [2.24, 2.45) is 5.92 Å². The molecule has 0 aromatic rings. The normalized spacial score (nSPS) is 13.2. The standard InChI is InChI=1S/C9H15NO3/c1-4-5-7(11)10-8(6(2)3)9(12)13/h4-6,8H,1-3H3,(H,10,11)(H,12,13). The molecular formula is C9H15NO3. The van der Waals surface area contributed by atoms with Gasteiger partial charge in [0.05, 0.1) is 0 Å². The summed E-state index contributed by atoms with van der Waals surface area (Å²) in [5.41, 5.74) is 0. The van der Waals surface area contributed by atoms with Crippen molar-refractivity contribution in [2.45, 2.75) is 26.8 Å². The molecule has 0 fully saturated rings. The minimum Gasteiger partial charge on any atom is -0.480 e. The van der Waals surface area contributed by atoms with Gasteiger partial charge < -0.3 is 10.4 Å². The van der Waals surface area contributed by atoms with E-state index < -0.39 is 12.0 Å². The SMILES string of the molecule is CC=CC(=O)NC(C(=O)O)C(C)C. The van der Waals surface area contributed by atoms with E-state index in [2.05, 4.69) is 5.32 Å². The second-order valence-corrected chi connectivity index (χ2v) is 3.07. The van der Waals surface area contributed by atoms with Crippen LogP contribution < -0.4 is 5.32 Å².